The minimum atomic E-state index is -0.205. The van der Waals surface area contributed by atoms with Crippen LogP contribution in [0.15, 0.2) is 42.5 Å². The van der Waals surface area contributed by atoms with Crippen molar-refractivity contribution in [2.24, 2.45) is 0 Å². The van der Waals surface area contributed by atoms with E-state index in [9.17, 15) is 4.79 Å². The summed E-state index contributed by atoms with van der Waals surface area (Å²) in [5.41, 5.74) is 2.19. The number of para-hydroxylation sites is 1. The van der Waals surface area contributed by atoms with Crippen LogP contribution in [-0.4, -0.2) is 51.9 Å². The maximum Gasteiger partial charge on any atom is 0.260 e. The van der Waals surface area contributed by atoms with Crippen LogP contribution in [0, 0.1) is 0 Å². The zero-order valence-corrected chi connectivity index (χ0v) is 17.6. The second-order valence-corrected chi connectivity index (χ2v) is 7.41. The molecule has 10 heteroatoms. The van der Waals surface area contributed by atoms with Gasteiger partial charge >= 0.3 is 0 Å². The Labute approximate surface area is 176 Å². The molecule has 0 fully saturated rings. The van der Waals surface area contributed by atoms with E-state index in [1.807, 2.05) is 31.2 Å². The fraction of sp³-hybridized carbons (Fsp3) is 0.250. The fourth-order valence-corrected chi connectivity index (χ4v) is 3.92. The van der Waals surface area contributed by atoms with Crippen LogP contribution >= 0.6 is 11.3 Å². The number of anilines is 1. The second-order valence-electron chi connectivity index (χ2n) is 6.36. The largest absolute Gasteiger partial charge is 0.497 e. The van der Waals surface area contributed by atoms with Crippen LogP contribution in [-0.2, 0) is 6.54 Å². The second kappa shape index (κ2) is 8.46. The predicted molar refractivity (Wildman–Crippen MR) is 113 cm³/mol. The molecule has 0 aliphatic rings. The molecule has 1 amide bonds. The zero-order chi connectivity index (χ0) is 21.1. The average Bonchev–Trinajstić information content (AvgIpc) is 3.41. The molecule has 0 bridgehead atoms. The highest BCUT2D eigenvalue weighted by molar-refractivity contribution is 7.15. The first-order valence-corrected chi connectivity index (χ1v) is 10.1. The Bertz CT molecular complexity index is 1170. The van der Waals surface area contributed by atoms with E-state index in [2.05, 4.69) is 20.5 Å². The lowest BCUT2D eigenvalue weighted by atomic mass is 10.1. The van der Waals surface area contributed by atoms with Gasteiger partial charge in [0.2, 0.25) is 5.13 Å². The third-order valence-corrected chi connectivity index (χ3v) is 5.48. The highest BCUT2D eigenvalue weighted by Crippen LogP contribution is 2.27. The van der Waals surface area contributed by atoms with Gasteiger partial charge in [-0.05, 0) is 31.2 Å². The molecule has 0 unspecified atom stereocenters. The molecular formula is C20H20N6O3S. The standard InChI is InChI=1S/C20H20N6O3S/c1-4-25(19(27)13-9-14(28-2)11-15(10-13)29-3)20-23-22-18(30-20)12-26-17-8-6-5-7-16(17)21-24-26/h5-11H,4,12H2,1-3H3. The molecule has 0 saturated carbocycles. The number of ether oxygens (including phenoxy) is 2. The molecule has 30 heavy (non-hydrogen) atoms. The predicted octanol–water partition coefficient (Wildman–Crippen LogP) is 3.02. The summed E-state index contributed by atoms with van der Waals surface area (Å²) in [5.74, 6) is 0.887. The number of rotatable bonds is 7. The fourth-order valence-electron chi connectivity index (χ4n) is 3.03. The number of methoxy groups -OCH3 is 2. The molecule has 0 aliphatic heterocycles. The molecule has 0 aliphatic carbocycles. The van der Waals surface area contributed by atoms with Gasteiger partial charge in [-0.25, -0.2) is 4.68 Å². The molecule has 2 aromatic carbocycles. The van der Waals surface area contributed by atoms with Crippen LogP contribution < -0.4 is 14.4 Å². The number of carbonyl (C=O) groups is 1. The minimum Gasteiger partial charge on any atom is -0.497 e. The number of fused-ring (bicyclic) bond motifs is 1. The molecule has 9 nitrogen and oxygen atoms in total. The molecule has 0 radical (unpaired) electrons. The van der Waals surface area contributed by atoms with Crippen molar-refractivity contribution in [3.05, 3.63) is 53.0 Å². The minimum absolute atomic E-state index is 0.205. The first kappa shape index (κ1) is 19.8. The Morgan fingerprint density at radius 1 is 1.07 bits per heavy atom. The van der Waals surface area contributed by atoms with E-state index in [1.54, 1.807) is 42.0 Å². The Hall–Kier alpha value is -3.53. The van der Waals surface area contributed by atoms with E-state index in [0.717, 1.165) is 16.0 Å². The van der Waals surface area contributed by atoms with E-state index in [0.29, 0.717) is 35.3 Å². The Kier molecular flexibility index (Phi) is 5.57. The first-order chi connectivity index (χ1) is 14.6. The number of aromatic nitrogens is 5. The maximum absolute atomic E-state index is 13.1. The van der Waals surface area contributed by atoms with Gasteiger partial charge in [0, 0.05) is 18.2 Å². The lowest BCUT2D eigenvalue weighted by molar-refractivity contribution is 0.0987. The van der Waals surface area contributed by atoms with E-state index in [4.69, 9.17) is 9.47 Å². The first-order valence-electron chi connectivity index (χ1n) is 9.28. The van der Waals surface area contributed by atoms with Crippen molar-refractivity contribution >= 4 is 33.4 Å². The molecule has 0 N–H and O–H groups in total. The van der Waals surface area contributed by atoms with Crippen molar-refractivity contribution in [3.8, 4) is 11.5 Å². The molecule has 0 saturated heterocycles. The topological polar surface area (TPSA) is 95.3 Å². The van der Waals surface area contributed by atoms with Crippen molar-refractivity contribution in [2.45, 2.75) is 13.5 Å². The lowest BCUT2D eigenvalue weighted by Gasteiger charge is -2.18. The zero-order valence-electron chi connectivity index (χ0n) is 16.8. The third kappa shape index (κ3) is 3.81. The Balaban J connectivity index is 1.59. The monoisotopic (exact) mass is 424 g/mol. The van der Waals surface area contributed by atoms with Crippen LogP contribution in [0.25, 0.3) is 11.0 Å². The average molecular weight is 424 g/mol. The summed E-state index contributed by atoms with van der Waals surface area (Å²) in [6, 6.07) is 12.8. The number of hydrogen-bond donors (Lipinski definition) is 0. The number of nitrogens with zero attached hydrogens (tertiary/aromatic N) is 6. The van der Waals surface area contributed by atoms with Crippen molar-refractivity contribution in [1.82, 2.24) is 25.2 Å². The quantitative estimate of drug-likeness (QED) is 0.450. The van der Waals surface area contributed by atoms with Crippen LogP contribution in [0.1, 0.15) is 22.3 Å². The van der Waals surface area contributed by atoms with Gasteiger partial charge in [0.25, 0.3) is 5.91 Å². The molecule has 4 aromatic rings. The van der Waals surface area contributed by atoms with Crippen molar-refractivity contribution in [2.75, 3.05) is 25.7 Å². The molecule has 0 atom stereocenters. The number of carbonyl (C=O) groups excluding carboxylic acids is 1. The maximum atomic E-state index is 13.1. The van der Waals surface area contributed by atoms with E-state index in [-0.39, 0.29) is 5.91 Å². The van der Waals surface area contributed by atoms with Crippen LogP contribution in [0.3, 0.4) is 0 Å². The van der Waals surface area contributed by atoms with Crippen molar-refractivity contribution < 1.29 is 14.3 Å². The number of amides is 1. The number of benzene rings is 2. The summed E-state index contributed by atoms with van der Waals surface area (Å²) >= 11 is 1.35. The van der Waals surface area contributed by atoms with Gasteiger partial charge in [-0.3, -0.25) is 9.69 Å². The highest BCUT2D eigenvalue weighted by Gasteiger charge is 2.22. The molecule has 2 aromatic heterocycles. The molecule has 4 rings (SSSR count). The summed E-state index contributed by atoms with van der Waals surface area (Å²) < 4.78 is 12.3. The summed E-state index contributed by atoms with van der Waals surface area (Å²) in [6.45, 7) is 2.76. The van der Waals surface area contributed by atoms with Crippen LogP contribution in [0.5, 0.6) is 11.5 Å². The van der Waals surface area contributed by atoms with Gasteiger partial charge in [0.15, 0.2) is 0 Å². The number of hydrogen-bond acceptors (Lipinski definition) is 8. The van der Waals surface area contributed by atoms with Gasteiger partial charge in [0.1, 0.15) is 22.0 Å². The summed E-state index contributed by atoms with van der Waals surface area (Å²) in [6.07, 6.45) is 0. The van der Waals surface area contributed by atoms with E-state index >= 15 is 0 Å². The molecule has 154 valence electrons. The summed E-state index contributed by atoms with van der Waals surface area (Å²) in [7, 11) is 3.09. The summed E-state index contributed by atoms with van der Waals surface area (Å²) in [4.78, 5) is 14.7. The van der Waals surface area contributed by atoms with E-state index in [1.165, 1.54) is 11.3 Å². The van der Waals surface area contributed by atoms with Gasteiger partial charge < -0.3 is 9.47 Å². The molecular weight excluding hydrogens is 404 g/mol. The SMILES string of the molecule is CCN(C(=O)c1cc(OC)cc(OC)c1)c1nnc(Cn2nnc3ccccc32)s1. The van der Waals surface area contributed by atoms with Crippen LogP contribution in [0.4, 0.5) is 5.13 Å². The third-order valence-electron chi connectivity index (χ3n) is 4.55. The molecule has 2 heterocycles. The van der Waals surface area contributed by atoms with Crippen molar-refractivity contribution in [3.63, 3.8) is 0 Å². The van der Waals surface area contributed by atoms with Crippen molar-refractivity contribution in [1.29, 1.82) is 0 Å². The van der Waals surface area contributed by atoms with E-state index < -0.39 is 0 Å². The van der Waals surface area contributed by atoms with Gasteiger partial charge in [-0.2, -0.15) is 0 Å². The van der Waals surface area contributed by atoms with Gasteiger partial charge in [-0.15, -0.1) is 15.3 Å². The normalized spacial score (nSPS) is 10.9. The van der Waals surface area contributed by atoms with Gasteiger partial charge in [-0.1, -0.05) is 28.7 Å². The smallest absolute Gasteiger partial charge is 0.260 e. The molecule has 0 spiro atoms. The summed E-state index contributed by atoms with van der Waals surface area (Å²) in [5, 5.41) is 18.1. The van der Waals surface area contributed by atoms with Gasteiger partial charge in [0.05, 0.1) is 26.3 Å². The highest BCUT2D eigenvalue weighted by atomic mass is 32.1. The van der Waals surface area contributed by atoms with Crippen LogP contribution in [0.2, 0.25) is 0 Å². The Morgan fingerprint density at radius 2 is 1.80 bits per heavy atom. The lowest BCUT2D eigenvalue weighted by Crippen LogP contribution is -2.30. The Morgan fingerprint density at radius 3 is 2.50 bits per heavy atom.